The van der Waals surface area contributed by atoms with Crippen molar-refractivity contribution >= 4 is 0 Å². The molecule has 0 aliphatic carbocycles. The van der Waals surface area contributed by atoms with E-state index in [1.165, 1.54) is 0 Å². The molecule has 0 fully saturated rings. The molecule has 2 aromatic carbocycles. The van der Waals surface area contributed by atoms with Crippen LogP contribution in [0.5, 0.6) is 11.5 Å². The molecule has 0 saturated heterocycles. The van der Waals surface area contributed by atoms with E-state index in [0.717, 1.165) is 16.7 Å². The summed E-state index contributed by atoms with van der Waals surface area (Å²) in [6, 6.07) is 12.9. The van der Waals surface area contributed by atoms with Gasteiger partial charge in [0.25, 0.3) is 0 Å². The van der Waals surface area contributed by atoms with Crippen molar-refractivity contribution in [3.05, 3.63) is 59.2 Å². The Morgan fingerprint density at radius 3 is 2.28 bits per heavy atom. The van der Waals surface area contributed by atoms with E-state index in [9.17, 15) is 10.2 Å². The second-order valence-electron chi connectivity index (χ2n) is 4.14. The van der Waals surface area contributed by atoms with E-state index in [-0.39, 0.29) is 13.2 Å². The fourth-order valence-electron chi connectivity index (χ4n) is 1.78. The minimum atomic E-state index is -0.0729. The van der Waals surface area contributed by atoms with Crippen molar-refractivity contribution in [2.75, 3.05) is 0 Å². The highest BCUT2D eigenvalue weighted by atomic mass is 16.5. The second-order valence-corrected chi connectivity index (χ2v) is 4.14. The maximum Gasteiger partial charge on any atom is 0.132 e. The number of ether oxygens (including phenoxy) is 1. The summed E-state index contributed by atoms with van der Waals surface area (Å²) in [6.07, 6.45) is 0. The Morgan fingerprint density at radius 2 is 1.56 bits per heavy atom. The zero-order chi connectivity index (χ0) is 13.0. The Balaban J connectivity index is 2.33. The van der Waals surface area contributed by atoms with Gasteiger partial charge in [-0.05, 0) is 19.1 Å². The van der Waals surface area contributed by atoms with Crippen LogP contribution in [-0.4, -0.2) is 10.2 Å². The molecule has 0 aromatic heterocycles. The maximum atomic E-state index is 9.32. The smallest absolute Gasteiger partial charge is 0.132 e. The van der Waals surface area contributed by atoms with Gasteiger partial charge in [0, 0.05) is 11.1 Å². The molecule has 2 N–H and O–H groups in total. The molecule has 0 aliphatic rings. The van der Waals surface area contributed by atoms with Crippen LogP contribution < -0.4 is 4.74 Å². The monoisotopic (exact) mass is 244 g/mol. The van der Waals surface area contributed by atoms with Crippen LogP contribution in [0, 0.1) is 6.92 Å². The van der Waals surface area contributed by atoms with E-state index in [4.69, 9.17) is 4.74 Å². The number of aliphatic hydroxyl groups excluding tert-OH is 2. The van der Waals surface area contributed by atoms with E-state index >= 15 is 0 Å². The molecular formula is C15H16O3. The normalized spacial score (nSPS) is 10.4. The molecule has 0 aliphatic heterocycles. The van der Waals surface area contributed by atoms with Crippen LogP contribution in [0.25, 0.3) is 0 Å². The van der Waals surface area contributed by atoms with Gasteiger partial charge >= 0.3 is 0 Å². The van der Waals surface area contributed by atoms with E-state index in [1.807, 2.05) is 43.3 Å². The largest absolute Gasteiger partial charge is 0.457 e. The zero-order valence-corrected chi connectivity index (χ0v) is 10.3. The van der Waals surface area contributed by atoms with Crippen LogP contribution in [0.4, 0.5) is 0 Å². The first-order valence-corrected chi connectivity index (χ1v) is 5.81. The molecule has 0 unspecified atom stereocenters. The van der Waals surface area contributed by atoms with Gasteiger partial charge in [0.15, 0.2) is 0 Å². The van der Waals surface area contributed by atoms with Gasteiger partial charge in [-0.3, -0.25) is 0 Å². The molecule has 18 heavy (non-hydrogen) atoms. The molecule has 3 heteroatoms. The van der Waals surface area contributed by atoms with Gasteiger partial charge in [0.1, 0.15) is 11.5 Å². The molecule has 0 amide bonds. The average molecular weight is 244 g/mol. The summed E-state index contributed by atoms with van der Waals surface area (Å²) in [6.45, 7) is 1.82. The van der Waals surface area contributed by atoms with Crippen molar-refractivity contribution in [2.45, 2.75) is 20.1 Å². The average Bonchev–Trinajstić information content (AvgIpc) is 2.41. The van der Waals surface area contributed by atoms with Crippen LogP contribution >= 0.6 is 0 Å². The van der Waals surface area contributed by atoms with Crippen LogP contribution in [0.1, 0.15) is 16.7 Å². The Kier molecular flexibility index (Phi) is 3.97. The highest BCUT2D eigenvalue weighted by molar-refractivity contribution is 5.42. The first-order chi connectivity index (χ1) is 8.74. The third-order valence-electron chi connectivity index (χ3n) is 2.75. The molecule has 0 saturated carbocycles. The lowest BCUT2D eigenvalue weighted by molar-refractivity contribution is 0.270. The fourth-order valence-corrected chi connectivity index (χ4v) is 1.78. The third-order valence-corrected chi connectivity index (χ3v) is 2.75. The highest BCUT2D eigenvalue weighted by Crippen LogP contribution is 2.28. The van der Waals surface area contributed by atoms with Gasteiger partial charge in [-0.25, -0.2) is 0 Å². The molecule has 2 rings (SSSR count). The Bertz CT molecular complexity index is 535. The lowest BCUT2D eigenvalue weighted by Gasteiger charge is -2.12. The zero-order valence-electron chi connectivity index (χ0n) is 10.3. The van der Waals surface area contributed by atoms with Gasteiger partial charge in [-0.2, -0.15) is 0 Å². The summed E-state index contributed by atoms with van der Waals surface area (Å²) >= 11 is 0. The van der Waals surface area contributed by atoms with Crippen LogP contribution in [0.15, 0.2) is 42.5 Å². The number of para-hydroxylation sites is 1. The minimum absolute atomic E-state index is 0.0711. The number of hydrogen-bond acceptors (Lipinski definition) is 3. The number of aliphatic hydroxyl groups is 2. The van der Waals surface area contributed by atoms with E-state index in [1.54, 1.807) is 6.07 Å². The summed E-state index contributed by atoms with van der Waals surface area (Å²) in [4.78, 5) is 0. The van der Waals surface area contributed by atoms with E-state index in [2.05, 4.69) is 0 Å². The molecule has 0 radical (unpaired) electrons. The predicted octanol–water partition coefficient (Wildman–Crippen LogP) is 2.77. The Hall–Kier alpha value is -1.84. The molecule has 94 valence electrons. The van der Waals surface area contributed by atoms with Crippen molar-refractivity contribution in [3.63, 3.8) is 0 Å². The first kappa shape index (κ1) is 12.6. The van der Waals surface area contributed by atoms with Crippen molar-refractivity contribution in [2.24, 2.45) is 0 Å². The van der Waals surface area contributed by atoms with E-state index < -0.39 is 0 Å². The van der Waals surface area contributed by atoms with Gasteiger partial charge < -0.3 is 14.9 Å². The van der Waals surface area contributed by atoms with Crippen molar-refractivity contribution in [1.82, 2.24) is 0 Å². The third kappa shape index (κ3) is 2.70. The Morgan fingerprint density at radius 1 is 0.889 bits per heavy atom. The topological polar surface area (TPSA) is 49.7 Å². The van der Waals surface area contributed by atoms with Crippen LogP contribution in [0.2, 0.25) is 0 Å². The number of hydrogen-bond donors (Lipinski definition) is 2. The lowest BCUT2D eigenvalue weighted by Crippen LogP contribution is -1.95. The minimum Gasteiger partial charge on any atom is -0.457 e. The number of rotatable bonds is 4. The maximum absolute atomic E-state index is 9.32. The molecule has 0 heterocycles. The summed E-state index contributed by atoms with van der Waals surface area (Å²) in [5.74, 6) is 1.22. The summed E-state index contributed by atoms with van der Waals surface area (Å²) in [5, 5.41) is 18.6. The summed E-state index contributed by atoms with van der Waals surface area (Å²) < 4.78 is 5.76. The van der Waals surface area contributed by atoms with Crippen LogP contribution in [0.3, 0.4) is 0 Å². The van der Waals surface area contributed by atoms with E-state index in [0.29, 0.717) is 11.5 Å². The summed E-state index contributed by atoms with van der Waals surface area (Å²) in [7, 11) is 0. The van der Waals surface area contributed by atoms with Gasteiger partial charge in [0.05, 0.1) is 13.2 Å². The van der Waals surface area contributed by atoms with Gasteiger partial charge in [0.2, 0.25) is 0 Å². The van der Waals surface area contributed by atoms with Crippen LogP contribution in [-0.2, 0) is 13.2 Å². The van der Waals surface area contributed by atoms with Gasteiger partial charge in [-0.15, -0.1) is 0 Å². The van der Waals surface area contributed by atoms with Crippen molar-refractivity contribution in [1.29, 1.82) is 0 Å². The number of aryl methyl sites for hydroxylation is 1. The molecule has 3 nitrogen and oxygen atoms in total. The van der Waals surface area contributed by atoms with Gasteiger partial charge in [-0.1, -0.05) is 35.9 Å². The first-order valence-electron chi connectivity index (χ1n) is 5.81. The SMILES string of the molecule is Cc1ccc(Oc2ccccc2CO)c(CO)c1. The highest BCUT2D eigenvalue weighted by Gasteiger charge is 2.07. The fraction of sp³-hybridized carbons (Fsp3) is 0.200. The number of benzene rings is 2. The molecule has 2 aromatic rings. The quantitative estimate of drug-likeness (QED) is 0.869. The van der Waals surface area contributed by atoms with Crippen molar-refractivity contribution in [3.8, 4) is 11.5 Å². The second kappa shape index (κ2) is 5.67. The standard InChI is InChI=1S/C15H16O3/c1-11-6-7-15(13(8-11)10-17)18-14-5-3-2-4-12(14)9-16/h2-8,16-17H,9-10H2,1H3. The Labute approximate surface area is 106 Å². The van der Waals surface area contributed by atoms with Crippen molar-refractivity contribution < 1.29 is 14.9 Å². The molecule has 0 spiro atoms. The molecule has 0 atom stereocenters. The molecular weight excluding hydrogens is 228 g/mol. The lowest BCUT2D eigenvalue weighted by atomic mass is 10.1. The summed E-state index contributed by atoms with van der Waals surface area (Å²) in [5.41, 5.74) is 2.53. The predicted molar refractivity (Wildman–Crippen MR) is 69.5 cm³/mol. The molecule has 0 bridgehead atoms.